The maximum Gasteiger partial charge on any atom is 0.242 e. The van der Waals surface area contributed by atoms with Gasteiger partial charge in [0.25, 0.3) is 0 Å². The lowest BCUT2D eigenvalue weighted by Crippen LogP contribution is -2.44. The van der Waals surface area contributed by atoms with Crippen molar-refractivity contribution < 1.29 is 17.9 Å². The van der Waals surface area contributed by atoms with E-state index >= 15 is 0 Å². The Morgan fingerprint density at radius 1 is 1.22 bits per heavy atom. The van der Waals surface area contributed by atoms with E-state index in [0.717, 1.165) is 19.3 Å². The minimum Gasteiger partial charge on any atom is -0.377 e. The fourth-order valence-electron chi connectivity index (χ4n) is 2.51. The number of hydrogen-bond acceptors (Lipinski definition) is 5. The number of rotatable bonds is 9. The lowest BCUT2D eigenvalue weighted by Gasteiger charge is -2.22. The van der Waals surface area contributed by atoms with Gasteiger partial charge in [0, 0.05) is 31.8 Å². The second-order valence-electron chi connectivity index (χ2n) is 7.58. The monoisotopic (exact) mass is 405 g/mol. The van der Waals surface area contributed by atoms with Crippen LogP contribution in [0.5, 0.6) is 0 Å². The average Bonchev–Trinajstić information content (AvgIpc) is 2.57. The van der Waals surface area contributed by atoms with Crippen LogP contribution in [0.25, 0.3) is 0 Å². The third-order valence-corrected chi connectivity index (χ3v) is 5.06. The van der Waals surface area contributed by atoms with E-state index in [1.807, 2.05) is 27.7 Å². The molecule has 27 heavy (non-hydrogen) atoms. The number of aliphatic imine (C=N–C) groups is 1. The molecule has 4 N–H and O–H groups in total. The average molecular weight is 406 g/mol. The first kappa shape index (κ1) is 23.6. The molecule has 1 aliphatic heterocycles. The molecule has 0 bridgehead atoms. The van der Waals surface area contributed by atoms with Gasteiger partial charge in [0.05, 0.1) is 11.9 Å². The van der Waals surface area contributed by atoms with E-state index in [1.54, 1.807) is 0 Å². The second kappa shape index (κ2) is 11.5. The molecular weight excluding hydrogens is 370 g/mol. The summed E-state index contributed by atoms with van der Waals surface area (Å²) in [5.41, 5.74) is -0.319. The maximum atomic E-state index is 12.1. The topological polar surface area (TPSA) is 121 Å². The molecule has 0 aromatic carbocycles. The zero-order chi connectivity index (χ0) is 20.3. The van der Waals surface area contributed by atoms with Crippen molar-refractivity contribution in [3.63, 3.8) is 0 Å². The van der Waals surface area contributed by atoms with Crippen LogP contribution in [-0.4, -0.2) is 70.5 Å². The molecule has 1 atom stereocenters. The van der Waals surface area contributed by atoms with Gasteiger partial charge in [0.15, 0.2) is 5.96 Å². The summed E-state index contributed by atoms with van der Waals surface area (Å²) in [7, 11) is -3.40. The van der Waals surface area contributed by atoms with Gasteiger partial charge < -0.3 is 20.7 Å². The molecule has 1 amide bonds. The normalized spacial score (nSPS) is 18.8. The van der Waals surface area contributed by atoms with Crippen LogP contribution in [0.2, 0.25) is 0 Å². The number of hydrogen-bond donors (Lipinski definition) is 4. The zero-order valence-corrected chi connectivity index (χ0v) is 17.7. The molecule has 0 saturated carbocycles. The van der Waals surface area contributed by atoms with Gasteiger partial charge in [-0.25, -0.2) is 18.1 Å². The van der Waals surface area contributed by atoms with Gasteiger partial charge >= 0.3 is 0 Å². The van der Waals surface area contributed by atoms with E-state index in [1.165, 1.54) is 0 Å². The quantitative estimate of drug-likeness (QED) is 0.315. The molecule has 9 nitrogen and oxygen atoms in total. The van der Waals surface area contributed by atoms with Crippen molar-refractivity contribution in [3.05, 3.63) is 0 Å². The summed E-state index contributed by atoms with van der Waals surface area (Å²) in [5.74, 6) is 0.132. The van der Waals surface area contributed by atoms with Gasteiger partial charge in [-0.3, -0.25) is 4.79 Å². The van der Waals surface area contributed by atoms with E-state index in [4.69, 9.17) is 4.74 Å². The summed E-state index contributed by atoms with van der Waals surface area (Å²) in [6.07, 6.45) is 2.95. The van der Waals surface area contributed by atoms with Gasteiger partial charge in [-0.1, -0.05) is 0 Å². The molecule has 1 fully saturated rings. The van der Waals surface area contributed by atoms with Gasteiger partial charge in [0.1, 0.15) is 6.54 Å². The van der Waals surface area contributed by atoms with Crippen molar-refractivity contribution in [2.24, 2.45) is 4.99 Å². The predicted molar refractivity (Wildman–Crippen MR) is 107 cm³/mol. The lowest BCUT2D eigenvalue weighted by atomic mass is 10.1. The van der Waals surface area contributed by atoms with Crippen molar-refractivity contribution in [1.82, 2.24) is 20.7 Å². The Hall–Kier alpha value is -1.39. The van der Waals surface area contributed by atoms with Crippen molar-refractivity contribution in [3.8, 4) is 0 Å². The predicted octanol–water partition coefficient (Wildman–Crippen LogP) is -0.0553. The first-order valence-corrected chi connectivity index (χ1v) is 11.2. The van der Waals surface area contributed by atoms with Crippen molar-refractivity contribution >= 4 is 21.9 Å². The first-order valence-electron chi connectivity index (χ1n) is 9.53. The Balaban J connectivity index is 2.39. The summed E-state index contributed by atoms with van der Waals surface area (Å²) in [5, 5.41) is 8.76. The number of amides is 1. The Morgan fingerprint density at radius 2 is 1.96 bits per heavy atom. The van der Waals surface area contributed by atoms with Crippen LogP contribution in [0.15, 0.2) is 4.99 Å². The Labute approximate surface area is 163 Å². The number of nitrogens with zero attached hydrogens (tertiary/aromatic N) is 1. The van der Waals surface area contributed by atoms with E-state index in [9.17, 15) is 13.2 Å². The fraction of sp³-hybridized carbons (Fsp3) is 0.882. The maximum absolute atomic E-state index is 12.1. The van der Waals surface area contributed by atoms with Gasteiger partial charge in [-0.05, 0) is 47.0 Å². The van der Waals surface area contributed by atoms with Crippen molar-refractivity contribution in [1.29, 1.82) is 0 Å². The molecule has 1 aliphatic rings. The molecule has 1 unspecified atom stereocenters. The van der Waals surface area contributed by atoms with E-state index in [0.29, 0.717) is 25.7 Å². The van der Waals surface area contributed by atoms with Crippen molar-refractivity contribution in [2.75, 3.05) is 38.5 Å². The molecular formula is C17H35N5O4S. The first-order chi connectivity index (χ1) is 12.6. The summed E-state index contributed by atoms with van der Waals surface area (Å²) in [6.45, 7) is 9.36. The summed E-state index contributed by atoms with van der Waals surface area (Å²) < 4.78 is 32.3. The van der Waals surface area contributed by atoms with Gasteiger partial charge in [0.2, 0.25) is 15.9 Å². The highest BCUT2D eigenvalue weighted by Gasteiger charge is 2.18. The molecule has 0 radical (unpaired) electrons. The SMILES string of the molecule is CCNC(=NCC(=O)NC(C)(C)C)NCCS(=O)(=O)NCC1CCCCO1. The van der Waals surface area contributed by atoms with Crippen LogP contribution in [0.4, 0.5) is 0 Å². The standard InChI is InChI=1S/C17H35N5O4S/c1-5-18-16(20-13-15(23)22-17(2,3)4)19-9-11-27(24,25)21-12-14-8-6-7-10-26-14/h14,21H,5-13H2,1-4H3,(H,22,23)(H2,18,19,20). The van der Waals surface area contributed by atoms with Crippen LogP contribution in [0.1, 0.15) is 47.0 Å². The summed E-state index contributed by atoms with van der Waals surface area (Å²) >= 11 is 0. The van der Waals surface area contributed by atoms with Gasteiger partial charge in [-0.15, -0.1) is 0 Å². The molecule has 0 spiro atoms. The number of sulfonamides is 1. The van der Waals surface area contributed by atoms with Crippen LogP contribution >= 0.6 is 0 Å². The Kier molecular flexibility index (Phi) is 10.0. The molecule has 0 aliphatic carbocycles. The van der Waals surface area contributed by atoms with Gasteiger partial charge in [-0.2, -0.15) is 0 Å². The highest BCUT2D eigenvalue weighted by atomic mass is 32.2. The van der Waals surface area contributed by atoms with Crippen LogP contribution in [0, 0.1) is 0 Å². The number of carbonyl (C=O) groups excluding carboxylic acids is 1. The van der Waals surface area contributed by atoms with E-state index < -0.39 is 10.0 Å². The zero-order valence-electron chi connectivity index (χ0n) is 16.9. The summed E-state index contributed by atoms with van der Waals surface area (Å²) in [4.78, 5) is 16.0. The second-order valence-corrected chi connectivity index (χ2v) is 9.50. The minimum atomic E-state index is -3.40. The molecule has 158 valence electrons. The lowest BCUT2D eigenvalue weighted by molar-refractivity contribution is -0.121. The fourth-order valence-corrected chi connectivity index (χ4v) is 3.47. The number of guanidine groups is 1. The van der Waals surface area contributed by atoms with Crippen molar-refractivity contribution in [2.45, 2.75) is 58.6 Å². The highest BCUT2D eigenvalue weighted by Crippen LogP contribution is 2.11. The number of carbonyl (C=O) groups is 1. The van der Waals surface area contributed by atoms with Crippen LogP contribution < -0.4 is 20.7 Å². The van der Waals surface area contributed by atoms with E-state index in [2.05, 4.69) is 25.7 Å². The Bertz CT molecular complexity index is 581. The largest absolute Gasteiger partial charge is 0.377 e. The highest BCUT2D eigenvalue weighted by molar-refractivity contribution is 7.89. The number of ether oxygens (including phenoxy) is 1. The third kappa shape index (κ3) is 11.8. The van der Waals surface area contributed by atoms with E-state index in [-0.39, 0.29) is 36.4 Å². The minimum absolute atomic E-state index is 0.0311. The van der Waals surface area contributed by atoms with Crippen LogP contribution in [0.3, 0.4) is 0 Å². The molecule has 1 saturated heterocycles. The molecule has 1 heterocycles. The Morgan fingerprint density at radius 3 is 2.56 bits per heavy atom. The van der Waals surface area contributed by atoms with Crippen LogP contribution in [-0.2, 0) is 19.6 Å². The smallest absolute Gasteiger partial charge is 0.242 e. The number of nitrogens with one attached hydrogen (secondary N) is 4. The summed E-state index contributed by atoms with van der Waals surface area (Å²) in [6, 6.07) is 0. The third-order valence-electron chi connectivity index (χ3n) is 3.71. The molecule has 10 heteroatoms. The molecule has 1 rings (SSSR count). The molecule has 0 aromatic rings. The molecule has 0 aromatic heterocycles.